The summed E-state index contributed by atoms with van der Waals surface area (Å²) in [7, 11) is 0. The van der Waals surface area contributed by atoms with Crippen LogP contribution in [0.1, 0.15) is 136 Å². The average Bonchev–Trinajstić information content (AvgIpc) is 3.71. The summed E-state index contributed by atoms with van der Waals surface area (Å²) in [4.78, 5) is 24.1. The van der Waals surface area contributed by atoms with E-state index in [1.54, 1.807) is 0 Å². The molecule has 1 heterocycles. The molecule has 1 rings (SSSR count). The van der Waals surface area contributed by atoms with Gasteiger partial charge in [-0.2, -0.15) is 0 Å². The summed E-state index contributed by atoms with van der Waals surface area (Å²) < 4.78 is 16.2. The lowest BCUT2D eigenvalue weighted by Gasteiger charge is -2.15. The molecule has 0 aliphatic carbocycles. The molecule has 0 radical (unpaired) electrons. The summed E-state index contributed by atoms with van der Waals surface area (Å²) in [6, 6.07) is 0. The van der Waals surface area contributed by atoms with Crippen molar-refractivity contribution in [2.24, 2.45) is 5.92 Å². The highest BCUT2D eigenvalue weighted by atomic mass is 16.6. The van der Waals surface area contributed by atoms with Gasteiger partial charge in [0.1, 0.15) is 6.61 Å². The molecule has 0 amide bonds. The first-order valence-electron chi connectivity index (χ1n) is 16.5. The third kappa shape index (κ3) is 23.3. The number of rotatable bonds is 27. The third-order valence-corrected chi connectivity index (χ3v) is 7.27. The van der Waals surface area contributed by atoms with E-state index in [4.69, 9.17) is 14.2 Å². The van der Waals surface area contributed by atoms with Crippen molar-refractivity contribution in [3.8, 4) is 0 Å². The Balaban J connectivity index is 1.99. The second-order valence-electron chi connectivity index (χ2n) is 11.8. The van der Waals surface area contributed by atoms with Crippen molar-refractivity contribution in [1.29, 1.82) is 0 Å². The van der Waals surface area contributed by atoms with E-state index >= 15 is 0 Å². The largest absolute Gasteiger partial charge is 0.462 e. The Labute approximate surface area is 251 Å². The van der Waals surface area contributed by atoms with Gasteiger partial charge in [-0.15, -0.1) is 0 Å². The zero-order valence-electron chi connectivity index (χ0n) is 26.4. The lowest BCUT2D eigenvalue weighted by atomic mass is 10.0. The SMILES string of the molecule is CCCCC/C=C\C/C=C\CC1OC1C/C=C\CCCC(=O)OC[C@H](CO)OC(=O)CCCCCCCCC(C)C. The predicted molar refractivity (Wildman–Crippen MR) is 168 cm³/mol. The predicted octanol–water partition coefficient (Wildman–Crippen LogP) is 8.57. The number of allylic oxidation sites excluding steroid dienone is 4. The van der Waals surface area contributed by atoms with E-state index in [0.717, 1.165) is 50.9 Å². The third-order valence-electron chi connectivity index (χ3n) is 7.27. The van der Waals surface area contributed by atoms with Gasteiger partial charge in [0, 0.05) is 12.8 Å². The Morgan fingerprint density at radius 2 is 1.37 bits per heavy atom. The molecule has 1 saturated heterocycles. The Hall–Kier alpha value is -1.92. The topological polar surface area (TPSA) is 85.4 Å². The minimum absolute atomic E-state index is 0.100. The van der Waals surface area contributed by atoms with E-state index in [0.29, 0.717) is 31.5 Å². The molecular weight excluding hydrogens is 516 g/mol. The molecule has 0 spiro atoms. The monoisotopic (exact) mass is 576 g/mol. The molecule has 41 heavy (non-hydrogen) atoms. The molecule has 0 aromatic rings. The van der Waals surface area contributed by atoms with Gasteiger partial charge in [-0.1, -0.05) is 109 Å². The van der Waals surface area contributed by atoms with Crippen LogP contribution in [0.15, 0.2) is 36.5 Å². The van der Waals surface area contributed by atoms with E-state index in [2.05, 4.69) is 57.2 Å². The first kappa shape index (κ1) is 37.1. The molecule has 236 valence electrons. The lowest BCUT2D eigenvalue weighted by molar-refractivity contribution is -0.161. The van der Waals surface area contributed by atoms with Crippen molar-refractivity contribution < 1.29 is 28.9 Å². The molecule has 1 aliphatic heterocycles. The van der Waals surface area contributed by atoms with Gasteiger partial charge in [0.05, 0.1) is 18.8 Å². The second-order valence-corrected chi connectivity index (χ2v) is 11.8. The maximum atomic E-state index is 12.0. The van der Waals surface area contributed by atoms with Crippen LogP contribution < -0.4 is 0 Å². The zero-order chi connectivity index (χ0) is 30.0. The van der Waals surface area contributed by atoms with Crippen LogP contribution >= 0.6 is 0 Å². The van der Waals surface area contributed by atoms with Crippen LogP contribution in [0.3, 0.4) is 0 Å². The number of aliphatic hydroxyl groups excluding tert-OH is 1. The van der Waals surface area contributed by atoms with Crippen molar-refractivity contribution in [3.05, 3.63) is 36.5 Å². The quantitative estimate of drug-likeness (QED) is 0.0456. The number of aliphatic hydroxyl groups is 1. The maximum Gasteiger partial charge on any atom is 0.306 e. The smallest absolute Gasteiger partial charge is 0.306 e. The second kappa shape index (κ2) is 25.8. The fourth-order valence-electron chi connectivity index (χ4n) is 4.59. The number of hydrogen-bond donors (Lipinski definition) is 1. The van der Waals surface area contributed by atoms with Crippen molar-refractivity contribution in [1.82, 2.24) is 0 Å². The summed E-state index contributed by atoms with van der Waals surface area (Å²) in [5.41, 5.74) is 0. The molecule has 1 aliphatic rings. The number of carbonyl (C=O) groups is 2. The highest BCUT2D eigenvalue weighted by Gasteiger charge is 2.35. The fraction of sp³-hybridized carbons (Fsp3) is 0.771. The Morgan fingerprint density at radius 3 is 2.07 bits per heavy atom. The fourth-order valence-corrected chi connectivity index (χ4v) is 4.59. The van der Waals surface area contributed by atoms with E-state index in [-0.39, 0.29) is 25.2 Å². The van der Waals surface area contributed by atoms with Crippen LogP contribution in [0.25, 0.3) is 0 Å². The van der Waals surface area contributed by atoms with Gasteiger partial charge in [0.15, 0.2) is 6.10 Å². The maximum absolute atomic E-state index is 12.0. The molecule has 3 atom stereocenters. The first-order valence-corrected chi connectivity index (χ1v) is 16.5. The Morgan fingerprint density at radius 1 is 0.756 bits per heavy atom. The van der Waals surface area contributed by atoms with Crippen LogP contribution in [0.4, 0.5) is 0 Å². The average molecular weight is 577 g/mol. The minimum atomic E-state index is -0.796. The van der Waals surface area contributed by atoms with E-state index in [9.17, 15) is 14.7 Å². The summed E-state index contributed by atoms with van der Waals surface area (Å²) >= 11 is 0. The number of ether oxygens (including phenoxy) is 3. The van der Waals surface area contributed by atoms with Gasteiger partial charge in [-0.3, -0.25) is 9.59 Å². The van der Waals surface area contributed by atoms with Crippen molar-refractivity contribution >= 4 is 11.9 Å². The van der Waals surface area contributed by atoms with E-state index < -0.39 is 6.10 Å². The van der Waals surface area contributed by atoms with Crippen LogP contribution in [0.2, 0.25) is 0 Å². The van der Waals surface area contributed by atoms with Crippen molar-refractivity contribution in [3.63, 3.8) is 0 Å². The molecular formula is C35H60O6. The summed E-state index contributed by atoms with van der Waals surface area (Å²) in [6.07, 6.45) is 31.0. The summed E-state index contributed by atoms with van der Waals surface area (Å²) in [6.45, 7) is 6.28. The standard InChI is InChI=1S/C35H60O6/c1-4-5-6-7-8-9-10-14-19-24-32-33(41-32)25-20-16-17-21-26-34(37)39-29-31(28-36)40-35(38)27-22-15-12-11-13-18-23-30(2)3/h8-9,14,16,19-20,30-33,36H,4-7,10-13,15,17-18,21-29H2,1-3H3/b9-8-,19-14-,20-16-/t31-,32?,33?/m0/s1. The van der Waals surface area contributed by atoms with Gasteiger partial charge in [-0.05, 0) is 57.3 Å². The van der Waals surface area contributed by atoms with E-state index in [1.165, 1.54) is 51.4 Å². The number of hydrogen-bond acceptors (Lipinski definition) is 6. The molecule has 0 aromatic heterocycles. The molecule has 1 N–H and O–H groups in total. The van der Waals surface area contributed by atoms with Crippen molar-refractivity contribution in [2.45, 2.75) is 155 Å². The number of carbonyl (C=O) groups excluding carboxylic acids is 2. The van der Waals surface area contributed by atoms with Crippen LogP contribution in [-0.4, -0.2) is 48.6 Å². The van der Waals surface area contributed by atoms with E-state index in [1.807, 2.05) is 0 Å². The molecule has 0 bridgehead atoms. The number of epoxide rings is 1. The normalized spacial score (nSPS) is 17.7. The summed E-state index contributed by atoms with van der Waals surface area (Å²) in [5, 5.41) is 9.48. The van der Waals surface area contributed by atoms with Gasteiger partial charge in [-0.25, -0.2) is 0 Å². The highest BCUT2D eigenvalue weighted by Crippen LogP contribution is 2.29. The molecule has 0 saturated carbocycles. The Kier molecular flexibility index (Phi) is 23.3. The lowest BCUT2D eigenvalue weighted by Crippen LogP contribution is -2.28. The number of esters is 2. The minimum Gasteiger partial charge on any atom is -0.462 e. The zero-order valence-corrected chi connectivity index (χ0v) is 26.4. The molecule has 6 heteroatoms. The van der Waals surface area contributed by atoms with Crippen molar-refractivity contribution in [2.75, 3.05) is 13.2 Å². The first-order chi connectivity index (χ1) is 20.0. The molecule has 1 fully saturated rings. The van der Waals surface area contributed by atoms with Gasteiger partial charge >= 0.3 is 11.9 Å². The Bertz CT molecular complexity index is 741. The van der Waals surface area contributed by atoms with Gasteiger partial charge < -0.3 is 19.3 Å². The van der Waals surface area contributed by atoms with Gasteiger partial charge in [0.25, 0.3) is 0 Å². The van der Waals surface area contributed by atoms with Crippen LogP contribution in [0.5, 0.6) is 0 Å². The number of unbranched alkanes of at least 4 members (excludes halogenated alkanes) is 9. The van der Waals surface area contributed by atoms with Crippen LogP contribution in [0, 0.1) is 5.92 Å². The molecule has 6 nitrogen and oxygen atoms in total. The highest BCUT2D eigenvalue weighted by molar-refractivity contribution is 5.70. The summed E-state index contributed by atoms with van der Waals surface area (Å²) in [5.74, 6) is 0.0921. The molecule has 0 aromatic carbocycles. The van der Waals surface area contributed by atoms with Crippen LogP contribution in [-0.2, 0) is 23.8 Å². The molecule has 2 unspecified atom stereocenters. The van der Waals surface area contributed by atoms with Gasteiger partial charge in [0.2, 0.25) is 0 Å².